The molecule has 32 heavy (non-hydrogen) atoms. The molecular weight excluding hydrogens is 441 g/mol. The highest BCUT2D eigenvalue weighted by molar-refractivity contribution is 6.30. The average Bonchev–Trinajstić information content (AvgIpc) is 3.45. The zero-order valence-electron chi connectivity index (χ0n) is 17.3. The third-order valence-electron chi connectivity index (χ3n) is 5.84. The lowest BCUT2D eigenvalue weighted by Gasteiger charge is -2.19. The molecule has 1 heterocycles. The minimum absolute atomic E-state index is 0.0326. The maximum Gasteiger partial charge on any atom is 0.431 e. The van der Waals surface area contributed by atoms with E-state index in [-0.39, 0.29) is 30.0 Å². The third kappa shape index (κ3) is 4.27. The fraction of sp³-hybridized carbons (Fsp3) is 0.292. The molecule has 0 saturated heterocycles. The Balaban J connectivity index is 1.95. The summed E-state index contributed by atoms with van der Waals surface area (Å²) in [5.41, 5.74) is -0.462. The van der Waals surface area contributed by atoms with Crippen LogP contribution in [0.25, 0.3) is 11.1 Å². The maximum atomic E-state index is 14.3. The number of nitrogens with zero attached hydrogens (tertiary/aromatic N) is 1. The molecule has 1 aliphatic rings. The summed E-state index contributed by atoms with van der Waals surface area (Å²) in [6, 6.07) is 15.1. The van der Waals surface area contributed by atoms with Crippen molar-refractivity contribution in [3.8, 4) is 11.1 Å². The van der Waals surface area contributed by atoms with E-state index in [9.17, 15) is 23.1 Å². The van der Waals surface area contributed by atoms with Gasteiger partial charge in [0.15, 0.2) is 0 Å². The SMILES string of the molecule is Cc1c(-c2ccc(Cl)cc2)c(C(=O)NC2(CO)CC2)n(Cc2ccccc2)c1C(F)(F)F. The lowest BCUT2D eigenvalue weighted by Crippen LogP contribution is -2.41. The maximum absolute atomic E-state index is 14.3. The number of aliphatic hydroxyl groups excluding tert-OH is 1. The number of aromatic nitrogens is 1. The first-order chi connectivity index (χ1) is 15.1. The van der Waals surface area contributed by atoms with Crippen LogP contribution in [0.1, 0.15) is 40.2 Å². The number of carbonyl (C=O) groups is 1. The van der Waals surface area contributed by atoms with Crippen molar-refractivity contribution in [1.82, 2.24) is 9.88 Å². The van der Waals surface area contributed by atoms with E-state index >= 15 is 0 Å². The molecule has 1 amide bonds. The first kappa shape index (κ1) is 22.4. The Bertz CT molecular complexity index is 1130. The number of halogens is 4. The van der Waals surface area contributed by atoms with Crippen molar-refractivity contribution in [2.45, 2.75) is 38.0 Å². The monoisotopic (exact) mass is 462 g/mol. The van der Waals surface area contributed by atoms with E-state index in [0.29, 0.717) is 29.0 Å². The largest absolute Gasteiger partial charge is 0.431 e. The number of alkyl halides is 3. The van der Waals surface area contributed by atoms with E-state index in [1.165, 1.54) is 6.92 Å². The molecule has 4 rings (SSSR count). The first-order valence-electron chi connectivity index (χ1n) is 10.2. The Morgan fingerprint density at radius 3 is 2.28 bits per heavy atom. The molecule has 0 spiro atoms. The fourth-order valence-electron chi connectivity index (χ4n) is 4.01. The summed E-state index contributed by atoms with van der Waals surface area (Å²) < 4.78 is 43.8. The van der Waals surface area contributed by atoms with Gasteiger partial charge in [-0.1, -0.05) is 54.1 Å². The lowest BCUT2D eigenvalue weighted by molar-refractivity contribution is -0.143. The normalized spacial score (nSPS) is 14.9. The van der Waals surface area contributed by atoms with Crippen molar-refractivity contribution in [3.63, 3.8) is 0 Å². The summed E-state index contributed by atoms with van der Waals surface area (Å²) in [4.78, 5) is 13.4. The van der Waals surface area contributed by atoms with Gasteiger partial charge in [0, 0.05) is 17.1 Å². The van der Waals surface area contributed by atoms with Gasteiger partial charge in [0.2, 0.25) is 0 Å². The summed E-state index contributed by atoms with van der Waals surface area (Å²) in [6.07, 6.45) is -3.52. The van der Waals surface area contributed by atoms with Gasteiger partial charge >= 0.3 is 6.18 Å². The van der Waals surface area contributed by atoms with Crippen LogP contribution in [-0.4, -0.2) is 27.7 Å². The van der Waals surface area contributed by atoms with Crippen molar-refractivity contribution in [1.29, 1.82) is 0 Å². The van der Waals surface area contributed by atoms with Gasteiger partial charge in [-0.3, -0.25) is 4.79 Å². The van der Waals surface area contributed by atoms with Crippen LogP contribution in [-0.2, 0) is 12.7 Å². The van der Waals surface area contributed by atoms with Crippen molar-refractivity contribution in [3.05, 3.63) is 82.1 Å². The first-order valence-corrected chi connectivity index (χ1v) is 10.6. The number of benzene rings is 2. The lowest BCUT2D eigenvalue weighted by atomic mass is 10.00. The Hall–Kier alpha value is -2.77. The van der Waals surface area contributed by atoms with E-state index < -0.39 is 23.3 Å². The number of hydrogen-bond donors (Lipinski definition) is 2. The highest BCUT2D eigenvalue weighted by Gasteiger charge is 2.46. The second-order valence-corrected chi connectivity index (χ2v) is 8.60. The molecule has 0 radical (unpaired) electrons. The van der Waals surface area contributed by atoms with E-state index in [4.69, 9.17) is 11.6 Å². The Morgan fingerprint density at radius 1 is 1.12 bits per heavy atom. The van der Waals surface area contributed by atoms with Crippen LogP contribution in [0.15, 0.2) is 54.6 Å². The van der Waals surface area contributed by atoms with E-state index in [1.54, 1.807) is 54.6 Å². The second-order valence-electron chi connectivity index (χ2n) is 8.17. The van der Waals surface area contributed by atoms with Gasteiger partial charge in [0.05, 0.1) is 12.1 Å². The van der Waals surface area contributed by atoms with Crippen LogP contribution in [0, 0.1) is 6.92 Å². The fourth-order valence-corrected chi connectivity index (χ4v) is 4.14. The molecule has 1 fully saturated rings. The van der Waals surface area contributed by atoms with Crippen LogP contribution in [0.5, 0.6) is 0 Å². The van der Waals surface area contributed by atoms with Crippen molar-refractivity contribution < 1.29 is 23.1 Å². The average molecular weight is 463 g/mol. The standard InChI is InChI=1S/C24H22ClF3N2O2/c1-15-19(17-7-9-18(25)10-8-17)20(22(32)29-23(14-31)11-12-23)30(21(15)24(26,27)28)13-16-5-3-2-4-6-16/h2-10,31H,11-14H2,1H3,(H,29,32). The molecule has 1 aromatic heterocycles. The minimum Gasteiger partial charge on any atom is -0.394 e. The number of nitrogens with one attached hydrogen (secondary N) is 1. The van der Waals surface area contributed by atoms with Crippen LogP contribution in [0.4, 0.5) is 13.2 Å². The molecule has 2 N–H and O–H groups in total. The van der Waals surface area contributed by atoms with Crippen LogP contribution < -0.4 is 5.32 Å². The summed E-state index contributed by atoms with van der Waals surface area (Å²) >= 11 is 5.98. The van der Waals surface area contributed by atoms with Crippen molar-refractivity contribution >= 4 is 17.5 Å². The highest BCUT2D eigenvalue weighted by atomic mass is 35.5. The van der Waals surface area contributed by atoms with Gasteiger partial charge in [-0.15, -0.1) is 0 Å². The van der Waals surface area contributed by atoms with E-state index in [0.717, 1.165) is 4.57 Å². The van der Waals surface area contributed by atoms with E-state index in [1.807, 2.05) is 0 Å². The summed E-state index contributed by atoms with van der Waals surface area (Å²) in [5.74, 6) is -0.643. The molecule has 1 aliphatic carbocycles. The number of amides is 1. The third-order valence-corrected chi connectivity index (χ3v) is 6.09. The zero-order valence-corrected chi connectivity index (χ0v) is 18.1. The predicted octanol–water partition coefficient (Wildman–Crippen LogP) is 5.44. The zero-order chi connectivity index (χ0) is 23.1. The van der Waals surface area contributed by atoms with Gasteiger partial charge in [-0.2, -0.15) is 13.2 Å². The number of rotatable bonds is 6. The molecule has 1 saturated carbocycles. The number of aliphatic hydroxyl groups is 1. The minimum atomic E-state index is -4.67. The van der Waals surface area contributed by atoms with Gasteiger partial charge in [0.1, 0.15) is 11.4 Å². The quantitative estimate of drug-likeness (QED) is 0.512. The molecule has 8 heteroatoms. The molecule has 168 valence electrons. The molecule has 0 aliphatic heterocycles. The highest BCUT2D eigenvalue weighted by Crippen LogP contribution is 2.42. The summed E-state index contributed by atoms with van der Waals surface area (Å²) in [7, 11) is 0. The summed E-state index contributed by atoms with van der Waals surface area (Å²) in [6.45, 7) is 0.989. The van der Waals surface area contributed by atoms with Gasteiger partial charge in [-0.25, -0.2) is 0 Å². The van der Waals surface area contributed by atoms with Gasteiger partial charge in [-0.05, 0) is 48.6 Å². The number of carbonyl (C=O) groups excluding carboxylic acids is 1. The van der Waals surface area contributed by atoms with Crippen LogP contribution in [0.3, 0.4) is 0 Å². The number of hydrogen-bond acceptors (Lipinski definition) is 2. The molecule has 0 atom stereocenters. The van der Waals surface area contributed by atoms with Crippen LogP contribution >= 0.6 is 11.6 Å². The molecular formula is C24H22ClF3N2O2. The van der Waals surface area contributed by atoms with Crippen molar-refractivity contribution in [2.75, 3.05) is 6.61 Å². The molecule has 4 nitrogen and oxygen atoms in total. The Morgan fingerprint density at radius 2 is 1.75 bits per heavy atom. The molecule has 2 aromatic carbocycles. The molecule has 0 bridgehead atoms. The van der Waals surface area contributed by atoms with Gasteiger partial charge < -0.3 is 15.0 Å². The smallest absolute Gasteiger partial charge is 0.394 e. The van der Waals surface area contributed by atoms with Gasteiger partial charge in [0.25, 0.3) is 5.91 Å². The Labute approximate surface area is 188 Å². The van der Waals surface area contributed by atoms with Crippen molar-refractivity contribution in [2.24, 2.45) is 0 Å². The van der Waals surface area contributed by atoms with E-state index in [2.05, 4.69) is 5.32 Å². The topological polar surface area (TPSA) is 54.3 Å². The second kappa shape index (κ2) is 8.30. The predicted molar refractivity (Wildman–Crippen MR) is 117 cm³/mol. The molecule has 3 aromatic rings. The Kier molecular flexibility index (Phi) is 5.81. The van der Waals surface area contributed by atoms with Crippen LogP contribution in [0.2, 0.25) is 5.02 Å². The molecule has 0 unspecified atom stereocenters. The summed E-state index contributed by atoms with van der Waals surface area (Å²) in [5, 5.41) is 12.9.